The summed E-state index contributed by atoms with van der Waals surface area (Å²) in [5.41, 5.74) is 3.93. The van der Waals surface area contributed by atoms with Gasteiger partial charge in [-0.05, 0) is 61.4 Å². The summed E-state index contributed by atoms with van der Waals surface area (Å²) in [6.45, 7) is 6.12. The Balaban J connectivity index is 0.00000109. The van der Waals surface area contributed by atoms with Crippen molar-refractivity contribution in [1.29, 1.82) is 0 Å². The van der Waals surface area contributed by atoms with Crippen molar-refractivity contribution in [3.05, 3.63) is 69.1 Å². The largest absolute Gasteiger partial charge is 0.349 e. The second-order valence-electron chi connectivity index (χ2n) is 7.64. The molecule has 2 aliphatic carbocycles. The number of carbonyl (C=O) groups excluding carboxylic acids is 1. The molecule has 4 nitrogen and oxygen atoms in total. The highest BCUT2D eigenvalue weighted by Gasteiger charge is 2.27. The van der Waals surface area contributed by atoms with Gasteiger partial charge in [-0.15, -0.1) is 0 Å². The first-order valence-electron chi connectivity index (χ1n) is 10.8. The molecule has 0 spiro atoms. The van der Waals surface area contributed by atoms with E-state index in [0.29, 0.717) is 0 Å². The van der Waals surface area contributed by atoms with Crippen LogP contribution in [0.4, 0.5) is 0 Å². The van der Waals surface area contributed by atoms with Crippen LogP contribution in [-0.2, 0) is 6.42 Å². The average Bonchev–Trinajstić information content (AvgIpc) is 3.16. The van der Waals surface area contributed by atoms with E-state index in [1.807, 2.05) is 26.1 Å². The molecule has 0 aliphatic heterocycles. The van der Waals surface area contributed by atoms with Gasteiger partial charge in [0, 0.05) is 12.2 Å². The Morgan fingerprint density at radius 1 is 1.04 bits per heavy atom. The van der Waals surface area contributed by atoms with Gasteiger partial charge in [0.15, 0.2) is 0 Å². The van der Waals surface area contributed by atoms with Gasteiger partial charge in [-0.3, -0.25) is 9.59 Å². The number of fused-ring (bicyclic) bond motifs is 1. The lowest BCUT2D eigenvalue weighted by molar-refractivity contribution is 0.0925. The second kappa shape index (κ2) is 9.22. The zero-order valence-corrected chi connectivity index (χ0v) is 17.3. The lowest BCUT2D eigenvalue weighted by Gasteiger charge is -2.23. The van der Waals surface area contributed by atoms with Crippen LogP contribution < -0.4 is 10.9 Å². The van der Waals surface area contributed by atoms with Crippen LogP contribution >= 0.6 is 0 Å². The van der Waals surface area contributed by atoms with Gasteiger partial charge >= 0.3 is 0 Å². The van der Waals surface area contributed by atoms with Gasteiger partial charge in [0.25, 0.3) is 11.5 Å². The van der Waals surface area contributed by atoms with Crippen LogP contribution in [0, 0.1) is 6.92 Å². The van der Waals surface area contributed by atoms with Crippen molar-refractivity contribution < 1.29 is 4.79 Å². The van der Waals surface area contributed by atoms with E-state index in [9.17, 15) is 9.59 Å². The summed E-state index contributed by atoms with van der Waals surface area (Å²) in [6.07, 6.45) is 9.30. The van der Waals surface area contributed by atoms with Gasteiger partial charge in [-0.1, -0.05) is 51.3 Å². The minimum absolute atomic E-state index is 0.0276. The van der Waals surface area contributed by atoms with Crippen LogP contribution in [0.25, 0.3) is 0 Å². The number of hydrogen-bond acceptors (Lipinski definition) is 2. The monoisotopic (exact) mass is 380 g/mol. The average molecular weight is 381 g/mol. The number of benzene rings is 1. The van der Waals surface area contributed by atoms with E-state index >= 15 is 0 Å². The molecule has 1 aromatic carbocycles. The normalized spacial score (nSPS) is 18.8. The number of carbonyl (C=O) groups is 1. The van der Waals surface area contributed by atoms with E-state index < -0.39 is 0 Å². The van der Waals surface area contributed by atoms with Gasteiger partial charge in [0.1, 0.15) is 5.56 Å². The topological polar surface area (TPSA) is 51.1 Å². The predicted molar refractivity (Wildman–Crippen MR) is 114 cm³/mol. The Morgan fingerprint density at radius 2 is 1.79 bits per heavy atom. The van der Waals surface area contributed by atoms with Crippen LogP contribution in [0.5, 0.6) is 0 Å². The van der Waals surface area contributed by atoms with Crippen molar-refractivity contribution in [2.24, 2.45) is 0 Å². The third-order valence-electron chi connectivity index (χ3n) is 5.97. The number of rotatable bonds is 3. The molecule has 1 fully saturated rings. The molecule has 1 N–H and O–H groups in total. The molecule has 28 heavy (non-hydrogen) atoms. The molecule has 1 amide bonds. The summed E-state index contributed by atoms with van der Waals surface area (Å²) in [5, 5.41) is 3.07. The Kier molecular flexibility index (Phi) is 6.71. The maximum atomic E-state index is 13.0. The van der Waals surface area contributed by atoms with Crippen molar-refractivity contribution in [2.75, 3.05) is 0 Å². The van der Waals surface area contributed by atoms with Crippen LogP contribution in [0.1, 0.15) is 85.5 Å². The summed E-state index contributed by atoms with van der Waals surface area (Å²) in [7, 11) is 0. The SMILES string of the molecule is CC.Cc1cccc2c1CCC2n1cccc(C(=O)NC2CCCCC2)c1=O. The summed E-state index contributed by atoms with van der Waals surface area (Å²) >= 11 is 0. The Labute approximate surface area is 168 Å². The Morgan fingerprint density at radius 3 is 2.54 bits per heavy atom. The van der Waals surface area contributed by atoms with Crippen molar-refractivity contribution >= 4 is 5.91 Å². The second-order valence-corrected chi connectivity index (χ2v) is 7.64. The molecule has 0 radical (unpaired) electrons. The number of hydrogen-bond donors (Lipinski definition) is 1. The molecule has 0 bridgehead atoms. The molecule has 1 heterocycles. The molecule has 4 rings (SSSR count). The summed E-state index contributed by atoms with van der Waals surface area (Å²) in [4.78, 5) is 25.7. The highest BCUT2D eigenvalue weighted by molar-refractivity contribution is 5.94. The van der Waals surface area contributed by atoms with Gasteiger partial charge in [-0.2, -0.15) is 0 Å². The number of nitrogens with zero attached hydrogens (tertiary/aromatic N) is 1. The molecular formula is C24H32N2O2. The first kappa shape index (κ1) is 20.4. The van der Waals surface area contributed by atoms with Gasteiger partial charge in [0.2, 0.25) is 0 Å². The first-order chi connectivity index (χ1) is 13.6. The van der Waals surface area contributed by atoms with E-state index in [1.165, 1.54) is 23.1 Å². The van der Waals surface area contributed by atoms with Crippen LogP contribution in [0.3, 0.4) is 0 Å². The highest BCUT2D eigenvalue weighted by atomic mass is 16.2. The van der Waals surface area contributed by atoms with Crippen molar-refractivity contribution in [1.82, 2.24) is 9.88 Å². The fourth-order valence-electron chi connectivity index (χ4n) is 4.54. The number of amides is 1. The van der Waals surface area contributed by atoms with Gasteiger partial charge in [0.05, 0.1) is 6.04 Å². The lowest BCUT2D eigenvalue weighted by Crippen LogP contribution is -2.40. The molecule has 150 valence electrons. The highest BCUT2D eigenvalue weighted by Crippen LogP contribution is 2.35. The molecule has 1 atom stereocenters. The smallest absolute Gasteiger partial charge is 0.263 e. The third kappa shape index (κ3) is 4.06. The number of pyridine rings is 1. The van der Waals surface area contributed by atoms with Crippen molar-refractivity contribution in [3.63, 3.8) is 0 Å². The molecule has 2 aromatic rings. The number of aromatic nitrogens is 1. The van der Waals surface area contributed by atoms with Crippen molar-refractivity contribution in [2.45, 2.75) is 77.8 Å². The quantitative estimate of drug-likeness (QED) is 0.833. The number of nitrogens with one attached hydrogen (secondary N) is 1. The molecule has 1 unspecified atom stereocenters. The van der Waals surface area contributed by atoms with Crippen molar-refractivity contribution in [3.8, 4) is 0 Å². The van der Waals surface area contributed by atoms with Crippen LogP contribution in [0.15, 0.2) is 41.3 Å². The predicted octanol–water partition coefficient (Wildman–Crippen LogP) is 4.78. The maximum Gasteiger partial charge on any atom is 0.263 e. The summed E-state index contributed by atoms with van der Waals surface area (Å²) in [5.74, 6) is -0.223. The van der Waals surface area contributed by atoms with Gasteiger partial charge < -0.3 is 9.88 Å². The van der Waals surface area contributed by atoms with E-state index in [2.05, 4.69) is 30.4 Å². The molecule has 4 heteroatoms. The fourth-order valence-corrected chi connectivity index (χ4v) is 4.54. The molecular weight excluding hydrogens is 348 g/mol. The molecule has 0 saturated heterocycles. The molecule has 1 aromatic heterocycles. The maximum absolute atomic E-state index is 13.0. The van der Waals surface area contributed by atoms with E-state index in [1.54, 1.807) is 10.6 Å². The minimum atomic E-state index is -0.223. The Bertz CT molecular complexity index is 878. The first-order valence-corrected chi connectivity index (χ1v) is 10.8. The number of aryl methyl sites for hydroxylation is 1. The third-order valence-corrected chi connectivity index (χ3v) is 5.97. The van der Waals surface area contributed by atoms with E-state index in [-0.39, 0.29) is 29.1 Å². The van der Waals surface area contributed by atoms with E-state index in [0.717, 1.165) is 38.5 Å². The van der Waals surface area contributed by atoms with Crippen LogP contribution in [0.2, 0.25) is 0 Å². The van der Waals surface area contributed by atoms with Crippen LogP contribution in [-0.4, -0.2) is 16.5 Å². The zero-order chi connectivity index (χ0) is 20.1. The van der Waals surface area contributed by atoms with E-state index in [4.69, 9.17) is 0 Å². The molecule has 1 saturated carbocycles. The molecule has 2 aliphatic rings. The minimum Gasteiger partial charge on any atom is -0.349 e. The summed E-state index contributed by atoms with van der Waals surface area (Å²) in [6, 6.07) is 10.0. The lowest BCUT2D eigenvalue weighted by atomic mass is 9.95. The van der Waals surface area contributed by atoms with Gasteiger partial charge in [-0.25, -0.2) is 0 Å². The summed E-state index contributed by atoms with van der Waals surface area (Å²) < 4.78 is 1.75. The fraction of sp³-hybridized carbons (Fsp3) is 0.500. The standard InChI is InChI=1S/C22H26N2O2.C2H6/c1-15-7-5-10-18-17(15)12-13-20(18)24-14-6-11-19(22(24)26)21(25)23-16-8-3-2-4-9-16;1-2/h5-7,10-11,14,16,20H,2-4,8-9,12-13H2,1H3,(H,23,25);1-2H3. The zero-order valence-electron chi connectivity index (χ0n) is 17.3. The Hall–Kier alpha value is -2.36.